The summed E-state index contributed by atoms with van der Waals surface area (Å²) in [5.74, 6) is -1.20. The van der Waals surface area contributed by atoms with Gasteiger partial charge in [0.2, 0.25) is 11.7 Å². The van der Waals surface area contributed by atoms with Crippen molar-refractivity contribution in [2.24, 2.45) is 0 Å². The summed E-state index contributed by atoms with van der Waals surface area (Å²) in [7, 11) is 9.74. The summed E-state index contributed by atoms with van der Waals surface area (Å²) < 4.78 is 22.1. The SMILES string of the molecule is COc1ccc(CN(C(=O)CN2C(=O)C(=O)c3ccccc32)C(C(=O)Nc2ccc(N(C)C)cc2)c2cc(OC)c(OC)c(OC)c2)cc1. The van der Waals surface area contributed by atoms with Crippen LogP contribution in [0.3, 0.4) is 0 Å². The van der Waals surface area contributed by atoms with Crippen LogP contribution in [0.2, 0.25) is 0 Å². The molecule has 0 bridgehead atoms. The number of methoxy groups -OCH3 is 4. The van der Waals surface area contributed by atoms with Gasteiger partial charge in [-0.1, -0.05) is 24.3 Å². The third-order valence-electron chi connectivity index (χ3n) is 8.22. The molecular weight excluding hydrogens is 628 g/mol. The Labute approximate surface area is 284 Å². The van der Waals surface area contributed by atoms with Crippen LogP contribution in [-0.2, 0) is 20.9 Å². The summed E-state index contributed by atoms with van der Waals surface area (Å²) in [6.07, 6.45) is 0. The van der Waals surface area contributed by atoms with Crippen molar-refractivity contribution in [1.82, 2.24) is 4.90 Å². The fraction of sp³-hybridized carbons (Fsp3) is 0.243. The van der Waals surface area contributed by atoms with Crippen LogP contribution in [-0.4, -0.2) is 77.5 Å². The summed E-state index contributed by atoms with van der Waals surface area (Å²) in [5, 5.41) is 2.96. The Morgan fingerprint density at radius 3 is 2.00 bits per heavy atom. The zero-order chi connectivity index (χ0) is 35.2. The van der Waals surface area contributed by atoms with E-state index in [1.165, 1.54) is 26.2 Å². The largest absolute Gasteiger partial charge is 0.497 e. The predicted molar refractivity (Wildman–Crippen MR) is 185 cm³/mol. The Balaban J connectivity index is 1.63. The van der Waals surface area contributed by atoms with Crippen LogP contribution in [0, 0.1) is 0 Å². The van der Waals surface area contributed by atoms with Crippen molar-refractivity contribution in [1.29, 1.82) is 0 Å². The highest BCUT2D eigenvalue weighted by molar-refractivity contribution is 6.52. The number of nitrogens with one attached hydrogen (secondary N) is 1. The molecule has 0 aliphatic carbocycles. The molecule has 0 fully saturated rings. The van der Waals surface area contributed by atoms with Gasteiger partial charge >= 0.3 is 0 Å². The maximum atomic E-state index is 14.5. The summed E-state index contributed by atoms with van der Waals surface area (Å²) in [6.45, 7) is -0.543. The van der Waals surface area contributed by atoms with Crippen LogP contribution in [0.5, 0.6) is 23.0 Å². The molecule has 1 unspecified atom stereocenters. The molecule has 1 aliphatic rings. The van der Waals surface area contributed by atoms with E-state index < -0.39 is 36.1 Å². The van der Waals surface area contributed by atoms with Gasteiger partial charge in [-0.15, -0.1) is 0 Å². The van der Waals surface area contributed by atoms with E-state index >= 15 is 0 Å². The van der Waals surface area contributed by atoms with Gasteiger partial charge in [0, 0.05) is 32.0 Å². The number of ether oxygens (including phenoxy) is 4. The van der Waals surface area contributed by atoms with E-state index in [4.69, 9.17) is 18.9 Å². The van der Waals surface area contributed by atoms with Gasteiger partial charge in [0.15, 0.2) is 11.5 Å². The highest BCUT2D eigenvalue weighted by Crippen LogP contribution is 2.41. The van der Waals surface area contributed by atoms with Gasteiger partial charge in [-0.2, -0.15) is 0 Å². The molecular formula is C37H38N4O8. The number of hydrogen-bond donors (Lipinski definition) is 1. The second-order valence-electron chi connectivity index (χ2n) is 11.4. The number of fused-ring (bicyclic) bond motifs is 1. The molecule has 1 heterocycles. The van der Waals surface area contributed by atoms with Gasteiger partial charge < -0.3 is 34.1 Å². The minimum Gasteiger partial charge on any atom is -0.497 e. The minimum atomic E-state index is -1.28. The van der Waals surface area contributed by atoms with Crippen LogP contribution < -0.4 is 34.1 Å². The maximum Gasteiger partial charge on any atom is 0.299 e. The lowest BCUT2D eigenvalue weighted by atomic mass is 10.0. The Hall–Kier alpha value is -6.04. The van der Waals surface area contributed by atoms with Crippen molar-refractivity contribution >= 4 is 40.6 Å². The smallest absolute Gasteiger partial charge is 0.299 e. The van der Waals surface area contributed by atoms with Crippen LogP contribution in [0.25, 0.3) is 0 Å². The van der Waals surface area contributed by atoms with E-state index in [1.807, 2.05) is 31.1 Å². The number of Topliss-reactive ketones (excluding diaryl/α,β-unsaturated/α-hetero) is 1. The summed E-state index contributed by atoms with van der Waals surface area (Å²) in [5.41, 5.74) is 2.99. The molecule has 4 aromatic rings. The maximum absolute atomic E-state index is 14.5. The summed E-state index contributed by atoms with van der Waals surface area (Å²) in [4.78, 5) is 59.4. The number of amides is 3. The average molecular weight is 667 g/mol. The molecule has 0 spiro atoms. The third-order valence-corrected chi connectivity index (χ3v) is 8.22. The van der Waals surface area contributed by atoms with Gasteiger partial charge in [0.1, 0.15) is 18.3 Å². The quantitative estimate of drug-likeness (QED) is 0.202. The molecule has 1 aliphatic heterocycles. The Bertz CT molecular complexity index is 1830. The first-order chi connectivity index (χ1) is 23.6. The lowest BCUT2D eigenvalue weighted by molar-refractivity contribution is -0.139. The predicted octanol–water partition coefficient (Wildman–Crippen LogP) is 4.73. The molecule has 0 saturated heterocycles. The zero-order valence-electron chi connectivity index (χ0n) is 28.2. The van der Waals surface area contributed by atoms with Crippen molar-refractivity contribution in [3.8, 4) is 23.0 Å². The second kappa shape index (κ2) is 14.8. The first-order valence-corrected chi connectivity index (χ1v) is 15.4. The first kappa shape index (κ1) is 34.3. The number of carbonyl (C=O) groups excluding carboxylic acids is 4. The number of hydrogen-bond acceptors (Lipinski definition) is 9. The van der Waals surface area contributed by atoms with Gasteiger partial charge in [-0.3, -0.25) is 24.1 Å². The fourth-order valence-electron chi connectivity index (χ4n) is 5.67. The van der Waals surface area contributed by atoms with Crippen molar-refractivity contribution < 1.29 is 38.1 Å². The standard InChI is InChI=1S/C37H38N4O8/c1-39(2)26-15-13-25(14-16-26)38-36(44)33(24-19-30(47-4)35(49-6)31(20-24)48-5)41(21-23-11-17-27(46-3)18-12-23)32(42)22-40-29-10-8-7-9-28(29)34(43)37(40)45/h7-20,33H,21-22H2,1-6H3,(H,38,44). The normalized spacial score (nSPS) is 12.6. The zero-order valence-corrected chi connectivity index (χ0v) is 28.2. The van der Waals surface area contributed by atoms with Crippen LogP contribution >= 0.6 is 0 Å². The number of ketones is 1. The number of carbonyl (C=O) groups is 4. The molecule has 0 radical (unpaired) electrons. The highest BCUT2D eigenvalue weighted by Gasteiger charge is 2.40. The molecule has 0 saturated carbocycles. The van der Waals surface area contributed by atoms with Crippen LogP contribution in [0.4, 0.5) is 17.1 Å². The van der Waals surface area contributed by atoms with Gasteiger partial charge in [-0.25, -0.2) is 0 Å². The Kier molecular flexibility index (Phi) is 10.4. The van der Waals surface area contributed by atoms with Crippen LogP contribution in [0.15, 0.2) is 84.9 Å². The number of anilines is 3. The topological polar surface area (TPSA) is 127 Å². The molecule has 1 atom stereocenters. The molecule has 49 heavy (non-hydrogen) atoms. The van der Waals surface area contributed by atoms with Crippen molar-refractivity contribution in [2.75, 3.05) is 64.2 Å². The van der Waals surface area contributed by atoms with E-state index in [2.05, 4.69) is 5.32 Å². The van der Waals surface area contributed by atoms with Gasteiger partial charge in [0.05, 0.1) is 39.7 Å². The highest BCUT2D eigenvalue weighted by atomic mass is 16.5. The lowest BCUT2D eigenvalue weighted by Crippen LogP contribution is -2.46. The number of benzene rings is 4. The lowest BCUT2D eigenvalue weighted by Gasteiger charge is -2.33. The molecule has 1 N–H and O–H groups in total. The molecule has 4 aromatic carbocycles. The first-order valence-electron chi connectivity index (χ1n) is 15.4. The Morgan fingerprint density at radius 1 is 0.796 bits per heavy atom. The van der Waals surface area contributed by atoms with E-state index in [1.54, 1.807) is 79.9 Å². The van der Waals surface area contributed by atoms with Gasteiger partial charge in [0.25, 0.3) is 17.6 Å². The number of rotatable bonds is 13. The van der Waals surface area contributed by atoms with E-state index in [0.29, 0.717) is 34.0 Å². The van der Waals surface area contributed by atoms with E-state index in [9.17, 15) is 19.2 Å². The number of para-hydroxylation sites is 1. The molecule has 5 rings (SSSR count). The van der Waals surface area contributed by atoms with E-state index in [0.717, 1.165) is 10.6 Å². The second-order valence-corrected chi connectivity index (χ2v) is 11.4. The van der Waals surface area contributed by atoms with E-state index in [-0.39, 0.29) is 23.6 Å². The van der Waals surface area contributed by atoms with Crippen molar-refractivity contribution in [2.45, 2.75) is 12.6 Å². The molecule has 0 aromatic heterocycles. The third kappa shape index (κ3) is 7.13. The minimum absolute atomic E-state index is 0.0469. The van der Waals surface area contributed by atoms with Crippen molar-refractivity contribution in [3.05, 3.63) is 102 Å². The summed E-state index contributed by atoms with van der Waals surface area (Å²) in [6, 6.07) is 22.7. The molecule has 254 valence electrons. The monoisotopic (exact) mass is 666 g/mol. The fourth-order valence-corrected chi connectivity index (χ4v) is 5.67. The summed E-state index contributed by atoms with van der Waals surface area (Å²) >= 11 is 0. The average Bonchev–Trinajstić information content (AvgIpc) is 3.35. The van der Waals surface area contributed by atoms with Crippen molar-refractivity contribution in [3.63, 3.8) is 0 Å². The molecule has 3 amide bonds. The van der Waals surface area contributed by atoms with Crippen LogP contribution in [0.1, 0.15) is 27.5 Å². The molecule has 12 heteroatoms. The van der Waals surface area contributed by atoms with Gasteiger partial charge in [-0.05, 0) is 71.8 Å². The molecule has 12 nitrogen and oxygen atoms in total. The Morgan fingerprint density at radius 2 is 1.43 bits per heavy atom. The number of nitrogens with zero attached hydrogens (tertiary/aromatic N) is 3.